The van der Waals surface area contributed by atoms with E-state index in [-0.39, 0.29) is 12.3 Å². The van der Waals surface area contributed by atoms with E-state index in [9.17, 15) is 10.1 Å². The SMILES string of the molecule is O=[N+]([O-])c1ccc(NCc2ccc(CO)cc2)c(I)c1. The van der Waals surface area contributed by atoms with Crippen molar-refractivity contribution in [2.45, 2.75) is 13.2 Å². The number of non-ortho nitro benzene ring substituents is 1. The Bertz CT molecular complexity index is 614. The van der Waals surface area contributed by atoms with Crippen molar-refractivity contribution >= 4 is 34.0 Å². The number of nitro benzene ring substituents is 1. The number of aliphatic hydroxyl groups is 1. The minimum atomic E-state index is -0.403. The van der Waals surface area contributed by atoms with Crippen molar-refractivity contribution < 1.29 is 10.0 Å². The molecule has 0 atom stereocenters. The summed E-state index contributed by atoms with van der Waals surface area (Å²) >= 11 is 2.07. The molecule has 0 aliphatic carbocycles. The third-order valence-electron chi connectivity index (χ3n) is 2.85. The van der Waals surface area contributed by atoms with E-state index in [0.717, 1.165) is 20.4 Å². The van der Waals surface area contributed by atoms with Crippen LogP contribution in [0.2, 0.25) is 0 Å². The number of nitrogens with one attached hydrogen (secondary N) is 1. The molecule has 0 spiro atoms. The average Bonchev–Trinajstić information content (AvgIpc) is 2.46. The lowest BCUT2D eigenvalue weighted by Crippen LogP contribution is -2.01. The van der Waals surface area contributed by atoms with E-state index in [2.05, 4.69) is 27.9 Å². The second kappa shape index (κ2) is 6.67. The van der Waals surface area contributed by atoms with E-state index in [1.54, 1.807) is 6.07 Å². The molecule has 0 radical (unpaired) electrons. The molecule has 20 heavy (non-hydrogen) atoms. The van der Waals surface area contributed by atoms with Crippen LogP contribution in [0.1, 0.15) is 11.1 Å². The van der Waals surface area contributed by atoms with Crippen LogP contribution in [0.4, 0.5) is 11.4 Å². The van der Waals surface area contributed by atoms with Crippen molar-refractivity contribution in [3.63, 3.8) is 0 Å². The number of benzene rings is 2. The van der Waals surface area contributed by atoms with Crippen molar-refractivity contribution in [1.29, 1.82) is 0 Å². The fraction of sp³-hybridized carbons (Fsp3) is 0.143. The van der Waals surface area contributed by atoms with Gasteiger partial charge in [0.25, 0.3) is 5.69 Å². The number of rotatable bonds is 5. The molecule has 0 bridgehead atoms. The molecule has 6 heteroatoms. The zero-order valence-electron chi connectivity index (χ0n) is 10.5. The number of hydrogen-bond donors (Lipinski definition) is 2. The predicted octanol–water partition coefficient (Wildman–Crippen LogP) is 3.30. The van der Waals surface area contributed by atoms with Gasteiger partial charge in [0.15, 0.2) is 0 Å². The molecule has 104 valence electrons. The molecule has 5 nitrogen and oxygen atoms in total. The molecule has 2 rings (SSSR count). The molecule has 0 heterocycles. The number of hydrogen-bond acceptors (Lipinski definition) is 4. The molecule has 0 unspecified atom stereocenters. The Morgan fingerprint density at radius 1 is 1.15 bits per heavy atom. The zero-order chi connectivity index (χ0) is 14.5. The van der Waals surface area contributed by atoms with Crippen molar-refractivity contribution in [3.8, 4) is 0 Å². The van der Waals surface area contributed by atoms with E-state index < -0.39 is 4.92 Å². The highest BCUT2D eigenvalue weighted by Gasteiger charge is 2.08. The maximum absolute atomic E-state index is 10.7. The first-order valence-electron chi connectivity index (χ1n) is 5.96. The van der Waals surface area contributed by atoms with Crippen LogP contribution in [-0.2, 0) is 13.2 Å². The fourth-order valence-corrected chi connectivity index (χ4v) is 2.41. The number of nitro groups is 1. The normalized spacial score (nSPS) is 10.3. The first kappa shape index (κ1) is 14.7. The maximum Gasteiger partial charge on any atom is 0.270 e. The lowest BCUT2D eigenvalue weighted by Gasteiger charge is -2.09. The van der Waals surface area contributed by atoms with E-state index in [1.807, 2.05) is 24.3 Å². The zero-order valence-corrected chi connectivity index (χ0v) is 12.7. The molecule has 0 saturated heterocycles. The summed E-state index contributed by atoms with van der Waals surface area (Å²) < 4.78 is 0.809. The van der Waals surface area contributed by atoms with E-state index >= 15 is 0 Å². The summed E-state index contributed by atoms with van der Waals surface area (Å²) in [7, 11) is 0. The van der Waals surface area contributed by atoms with Gasteiger partial charge in [0.05, 0.1) is 11.5 Å². The molecule has 2 aromatic carbocycles. The number of anilines is 1. The Balaban J connectivity index is 2.04. The molecule has 0 aliphatic rings. The predicted molar refractivity (Wildman–Crippen MR) is 85.5 cm³/mol. The molecule has 0 aliphatic heterocycles. The third kappa shape index (κ3) is 3.67. The smallest absolute Gasteiger partial charge is 0.270 e. The molecule has 0 aromatic heterocycles. The Labute approximate surface area is 129 Å². The van der Waals surface area contributed by atoms with Crippen LogP contribution in [0.25, 0.3) is 0 Å². The van der Waals surface area contributed by atoms with Crippen molar-refractivity contribution in [1.82, 2.24) is 0 Å². The second-order valence-corrected chi connectivity index (χ2v) is 5.41. The van der Waals surface area contributed by atoms with Crippen LogP contribution in [0.15, 0.2) is 42.5 Å². The summed E-state index contributed by atoms with van der Waals surface area (Å²) in [6.45, 7) is 0.660. The first-order chi connectivity index (χ1) is 9.60. The molecule has 0 fully saturated rings. The fourth-order valence-electron chi connectivity index (χ4n) is 1.72. The van der Waals surface area contributed by atoms with Gasteiger partial charge < -0.3 is 10.4 Å². The van der Waals surface area contributed by atoms with Gasteiger partial charge in [-0.3, -0.25) is 10.1 Å². The van der Waals surface area contributed by atoms with Crippen molar-refractivity contribution in [2.24, 2.45) is 0 Å². The van der Waals surface area contributed by atoms with Gasteiger partial charge in [0.1, 0.15) is 0 Å². The highest BCUT2D eigenvalue weighted by molar-refractivity contribution is 14.1. The van der Waals surface area contributed by atoms with Gasteiger partial charge in [-0.2, -0.15) is 0 Å². The summed E-state index contributed by atoms with van der Waals surface area (Å²) in [4.78, 5) is 10.3. The quantitative estimate of drug-likeness (QED) is 0.471. The first-order valence-corrected chi connectivity index (χ1v) is 7.04. The number of halogens is 1. The summed E-state index contributed by atoms with van der Waals surface area (Å²) in [6.07, 6.45) is 0. The van der Waals surface area contributed by atoms with Crippen molar-refractivity contribution in [3.05, 3.63) is 67.3 Å². The molecule has 2 N–H and O–H groups in total. The summed E-state index contributed by atoms with van der Waals surface area (Å²) in [5.41, 5.74) is 2.91. The minimum absolute atomic E-state index is 0.0357. The summed E-state index contributed by atoms with van der Waals surface area (Å²) in [5.74, 6) is 0. The maximum atomic E-state index is 10.7. The van der Waals surface area contributed by atoms with Crippen molar-refractivity contribution in [2.75, 3.05) is 5.32 Å². The highest BCUT2D eigenvalue weighted by atomic mass is 127. The van der Waals surface area contributed by atoms with E-state index in [4.69, 9.17) is 5.11 Å². The number of nitrogens with zero attached hydrogens (tertiary/aromatic N) is 1. The molecular formula is C14H13IN2O3. The van der Waals surface area contributed by atoms with Crippen LogP contribution < -0.4 is 5.32 Å². The molecule has 0 amide bonds. The standard InChI is InChI=1S/C14H13IN2O3/c15-13-7-12(17(19)20)5-6-14(13)16-8-10-1-3-11(9-18)4-2-10/h1-7,16,18H,8-9H2. The monoisotopic (exact) mass is 384 g/mol. The lowest BCUT2D eigenvalue weighted by atomic mass is 10.1. The largest absolute Gasteiger partial charge is 0.392 e. The molecular weight excluding hydrogens is 371 g/mol. The molecule has 2 aromatic rings. The van der Waals surface area contributed by atoms with Gasteiger partial charge in [0.2, 0.25) is 0 Å². The minimum Gasteiger partial charge on any atom is -0.392 e. The lowest BCUT2D eigenvalue weighted by molar-refractivity contribution is -0.384. The Hall–Kier alpha value is -1.67. The van der Waals surface area contributed by atoms with Gasteiger partial charge in [-0.05, 0) is 39.8 Å². The van der Waals surface area contributed by atoms with Crippen LogP contribution in [0.3, 0.4) is 0 Å². The van der Waals surface area contributed by atoms with Crippen LogP contribution >= 0.6 is 22.6 Å². The Kier molecular flexibility index (Phi) is 4.91. The van der Waals surface area contributed by atoms with Gasteiger partial charge in [-0.25, -0.2) is 0 Å². The van der Waals surface area contributed by atoms with E-state index in [0.29, 0.717) is 6.54 Å². The highest BCUT2D eigenvalue weighted by Crippen LogP contribution is 2.24. The topological polar surface area (TPSA) is 75.4 Å². The molecule has 0 saturated carbocycles. The average molecular weight is 384 g/mol. The summed E-state index contributed by atoms with van der Waals surface area (Å²) in [6, 6.07) is 12.4. The third-order valence-corrected chi connectivity index (χ3v) is 3.74. The second-order valence-electron chi connectivity index (χ2n) is 4.25. The summed E-state index contributed by atoms with van der Waals surface area (Å²) in [5, 5.41) is 22.9. The Morgan fingerprint density at radius 3 is 2.35 bits per heavy atom. The van der Waals surface area contributed by atoms with Gasteiger partial charge in [-0.1, -0.05) is 24.3 Å². The van der Waals surface area contributed by atoms with Crippen LogP contribution in [0.5, 0.6) is 0 Å². The van der Waals surface area contributed by atoms with Gasteiger partial charge in [0, 0.05) is 27.9 Å². The van der Waals surface area contributed by atoms with E-state index in [1.165, 1.54) is 12.1 Å². The van der Waals surface area contributed by atoms with Gasteiger partial charge >= 0.3 is 0 Å². The van der Waals surface area contributed by atoms with Gasteiger partial charge in [-0.15, -0.1) is 0 Å². The Morgan fingerprint density at radius 2 is 1.80 bits per heavy atom. The number of aliphatic hydroxyl groups excluding tert-OH is 1. The van der Waals surface area contributed by atoms with Crippen LogP contribution in [-0.4, -0.2) is 10.0 Å². The van der Waals surface area contributed by atoms with Crippen LogP contribution in [0, 0.1) is 13.7 Å².